The Hall–Kier alpha value is -1.65. The highest BCUT2D eigenvalue weighted by Crippen LogP contribution is 2.35. The molecule has 0 saturated heterocycles. The number of aliphatic hydroxyl groups is 1. The third-order valence-electron chi connectivity index (χ3n) is 3.50. The van der Waals surface area contributed by atoms with Gasteiger partial charge in [-0.3, -0.25) is 0 Å². The van der Waals surface area contributed by atoms with E-state index in [1.54, 1.807) is 0 Å². The van der Waals surface area contributed by atoms with Gasteiger partial charge in [0, 0.05) is 25.3 Å². The Morgan fingerprint density at radius 1 is 1.26 bits per heavy atom. The number of imidazole rings is 1. The number of hydrogen-bond donors (Lipinski definition) is 2. The number of hydrogen-bond acceptors (Lipinski definition) is 3. The summed E-state index contributed by atoms with van der Waals surface area (Å²) in [7, 11) is 0. The zero-order valence-corrected chi connectivity index (χ0v) is 10.9. The molecule has 2 aromatic rings. The van der Waals surface area contributed by atoms with E-state index in [4.69, 9.17) is 5.11 Å². The number of rotatable bonds is 6. The minimum absolute atomic E-state index is 0.0995. The van der Waals surface area contributed by atoms with Gasteiger partial charge in [0.25, 0.3) is 0 Å². The van der Waals surface area contributed by atoms with E-state index in [0.717, 1.165) is 18.7 Å². The summed E-state index contributed by atoms with van der Waals surface area (Å²) in [5.41, 5.74) is 3.41. The average Bonchev–Trinajstić information content (AvgIpc) is 3.19. The lowest BCUT2D eigenvalue weighted by Gasteiger charge is -2.08. The van der Waals surface area contributed by atoms with Crippen LogP contribution in [0.3, 0.4) is 0 Å². The lowest BCUT2D eigenvalue weighted by Crippen LogP contribution is -2.15. The molecule has 0 unspecified atom stereocenters. The molecule has 0 spiro atoms. The fourth-order valence-electron chi connectivity index (χ4n) is 2.32. The number of nitrogens with zero attached hydrogens (tertiary/aromatic N) is 2. The summed E-state index contributed by atoms with van der Waals surface area (Å²) in [6, 6.07) is 8.70. The first-order valence-electron chi connectivity index (χ1n) is 6.77. The van der Waals surface area contributed by atoms with Crippen LogP contribution in [-0.2, 0) is 19.7 Å². The van der Waals surface area contributed by atoms with Gasteiger partial charge in [-0.25, -0.2) is 4.98 Å². The first kappa shape index (κ1) is 12.4. The molecule has 2 N–H and O–H groups in total. The number of benzene rings is 1. The van der Waals surface area contributed by atoms with Crippen LogP contribution in [0, 0.1) is 0 Å². The molecule has 1 aliphatic carbocycles. The Morgan fingerprint density at radius 2 is 2.11 bits per heavy atom. The summed E-state index contributed by atoms with van der Waals surface area (Å²) >= 11 is 0. The first-order valence-corrected chi connectivity index (χ1v) is 6.77. The molecule has 1 saturated carbocycles. The minimum atomic E-state index is 0.0995. The summed E-state index contributed by atoms with van der Waals surface area (Å²) in [6.07, 6.45) is 6.43. The Morgan fingerprint density at radius 3 is 2.89 bits per heavy atom. The molecular formula is C15H19N3O. The van der Waals surface area contributed by atoms with Crippen molar-refractivity contribution in [2.75, 3.05) is 0 Å². The van der Waals surface area contributed by atoms with Crippen molar-refractivity contribution in [1.29, 1.82) is 0 Å². The highest BCUT2D eigenvalue weighted by atomic mass is 16.3. The molecule has 0 atom stereocenters. The molecule has 4 nitrogen and oxygen atoms in total. The van der Waals surface area contributed by atoms with Gasteiger partial charge >= 0.3 is 0 Å². The monoisotopic (exact) mass is 257 g/mol. The largest absolute Gasteiger partial charge is 0.392 e. The van der Waals surface area contributed by atoms with Crippen molar-refractivity contribution in [2.45, 2.75) is 38.6 Å². The second-order valence-electron chi connectivity index (χ2n) is 5.11. The van der Waals surface area contributed by atoms with Crippen molar-refractivity contribution in [1.82, 2.24) is 14.9 Å². The van der Waals surface area contributed by atoms with Crippen LogP contribution >= 0.6 is 0 Å². The van der Waals surface area contributed by atoms with Crippen LogP contribution in [0.25, 0.3) is 0 Å². The Bertz CT molecular complexity index is 546. The van der Waals surface area contributed by atoms with Gasteiger partial charge in [-0.05, 0) is 24.0 Å². The molecule has 1 fully saturated rings. The average molecular weight is 257 g/mol. The van der Waals surface area contributed by atoms with Crippen LogP contribution in [0.4, 0.5) is 0 Å². The van der Waals surface area contributed by atoms with Gasteiger partial charge in [0.05, 0.1) is 18.6 Å². The predicted molar refractivity (Wildman–Crippen MR) is 73.4 cm³/mol. The maximum Gasteiger partial charge on any atom is 0.0951 e. The van der Waals surface area contributed by atoms with E-state index in [1.807, 2.05) is 30.7 Å². The zero-order chi connectivity index (χ0) is 13.1. The molecular weight excluding hydrogens is 238 g/mol. The normalized spacial score (nSPS) is 14.8. The van der Waals surface area contributed by atoms with Crippen molar-refractivity contribution < 1.29 is 5.11 Å². The number of aromatic nitrogens is 2. The van der Waals surface area contributed by atoms with Gasteiger partial charge in [-0.2, -0.15) is 0 Å². The van der Waals surface area contributed by atoms with Crippen LogP contribution in [0.5, 0.6) is 0 Å². The second kappa shape index (κ2) is 5.55. The lowest BCUT2D eigenvalue weighted by atomic mass is 10.1. The maximum atomic E-state index is 9.11. The summed E-state index contributed by atoms with van der Waals surface area (Å²) in [5.74, 6) is 0. The molecule has 0 radical (unpaired) electrons. The van der Waals surface area contributed by atoms with Crippen molar-refractivity contribution in [3.05, 3.63) is 53.6 Å². The lowest BCUT2D eigenvalue weighted by molar-refractivity contribution is 0.281. The summed E-state index contributed by atoms with van der Waals surface area (Å²) in [5, 5.41) is 12.5. The highest BCUT2D eigenvalue weighted by molar-refractivity contribution is 5.22. The van der Waals surface area contributed by atoms with Gasteiger partial charge in [-0.15, -0.1) is 0 Å². The van der Waals surface area contributed by atoms with Gasteiger partial charge in [0.15, 0.2) is 0 Å². The zero-order valence-electron chi connectivity index (χ0n) is 10.9. The maximum absolute atomic E-state index is 9.11. The van der Waals surface area contributed by atoms with Gasteiger partial charge in [0.2, 0.25) is 0 Å². The Labute approximate surface area is 113 Å². The molecule has 1 aliphatic rings. The van der Waals surface area contributed by atoms with Gasteiger partial charge in [-0.1, -0.05) is 24.3 Å². The minimum Gasteiger partial charge on any atom is -0.392 e. The SMILES string of the molecule is OCc1cccc(CNCc2cncn2C2CC2)c1. The van der Waals surface area contributed by atoms with Gasteiger partial charge < -0.3 is 15.0 Å². The molecule has 0 aliphatic heterocycles. The third kappa shape index (κ3) is 3.03. The molecule has 19 heavy (non-hydrogen) atoms. The van der Waals surface area contributed by atoms with E-state index >= 15 is 0 Å². The van der Waals surface area contributed by atoms with Crippen molar-refractivity contribution in [3.63, 3.8) is 0 Å². The number of nitrogens with one attached hydrogen (secondary N) is 1. The number of aliphatic hydroxyl groups excluding tert-OH is 1. The van der Waals surface area contributed by atoms with Crippen LogP contribution < -0.4 is 5.32 Å². The topological polar surface area (TPSA) is 50.1 Å². The quantitative estimate of drug-likeness (QED) is 0.832. The van der Waals surface area contributed by atoms with E-state index in [1.165, 1.54) is 24.1 Å². The van der Waals surface area contributed by atoms with E-state index in [9.17, 15) is 0 Å². The molecule has 3 rings (SSSR count). The fourth-order valence-corrected chi connectivity index (χ4v) is 2.32. The fraction of sp³-hybridized carbons (Fsp3) is 0.400. The van der Waals surface area contributed by atoms with Crippen molar-refractivity contribution in [2.24, 2.45) is 0 Å². The Kier molecular flexibility index (Phi) is 3.62. The molecule has 1 heterocycles. The molecule has 1 aromatic heterocycles. The van der Waals surface area contributed by atoms with Gasteiger partial charge in [0.1, 0.15) is 0 Å². The van der Waals surface area contributed by atoms with E-state index in [0.29, 0.717) is 6.04 Å². The van der Waals surface area contributed by atoms with E-state index in [-0.39, 0.29) is 6.61 Å². The van der Waals surface area contributed by atoms with Crippen molar-refractivity contribution in [3.8, 4) is 0 Å². The third-order valence-corrected chi connectivity index (χ3v) is 3.50. The van der Waals surface area contributed by atoms with Crippen molar-refractivity contribution >= 4 is 0 Å². The summed E-state index contributed by atoms with van der Waals surface area (Å²) < 4.78 is 2.27. The molecule has 1 aromatic carbocycles. The standard InChI is InChI=1S/C15H19N3O/c19-10-13-3-1-2-12(6-13)7-16-8-15-9-17-11-18(15)14-4-5-14/h1-3,6,9,11,14,16,19H,4-5,7-8,10H2. The van der Waals surface area contributed by atoms with Crippen LogP contribution in [0.1, 0.15) is 35.7 Å². The molecule has 0 amide bonds. The molecule has 100 valence electrons. The van der Waals surface area contributed by atoms with Crippen LogP contribution in [-0.4, -0.2) is 14.7 Å². The summed E-state index contributed by atoms with van der Waals surface area (Å²) in [4.78, 5) is 4.23. The van der Waals surface area contributed by atoms with Crippen LogP contribution in [0.15, 0.2) is 36.8 Å². The predicted octanol–water partition coefficient (Wildman–Crippen LogP) is 2.00. The Balaban J connectivity index is 1.56. The van der Waals surface area contributed by atoms with Crippen LogP contribution in [0.2, 0.25) is 0 Å². The smallest absolute Gasteiger partial charge is 0.0951 e. The first-order chi connectivity index (χ1) is 9.36. The summed E-state index contributed by atoms with van der Waals surface area (Å²) in [6.45, 7) is 1.74. The molecule has 4 heteroatoms. The highest BCUT2D eigenvalue weighted by Gasteiger charge is 2.24. The van der Waals surface area contributed by atoms with E-state index in [2.05, 4.69) is 20.9 Å². The molecule has 0 bridgehead atoms. The van der Waals surface area contributed by atoms with E-state index < -0.39 is 0 Å². The second-order valence-corrected chi connectivity index (χ2v) is 5.11.